The van der Waals surface area contributed by atoms with E-state index in [0.717, 1.165) is 10.6 Å². The zero-order valence-corrected chi connectivity index (χ0v) is 16.2. The molecule has 2 aromatic heterocycles. The van der Waals surface area contributed by atoms with E-state index in [2.05, 4.69) is 10.3 Å². The molecule has 7 nitrogen and oxygen atoms in total. The molecule has 0 atom stereocenters. The molecule has 3 heterocycles. The summed E-state index contributed by atoms with van der Waals surface area (Å²) in [6.45, 7) is 0.482. The van der Waals surface area contributed by atoms with Crippen LogP contribution < -0.4 is 5.32 Å². The molecule has 0 unspecified atom stereocenters. The van der Waals surface area contributed by atoms with Gasteiger partial charge in [-0.25, -0.2) is 17.8 Å². The molecule has 0 radical (unpaired) electrons. The van der Waals surface area contributed by atoms with Gasteiger partial charge in [-0.15, -0.1) is 11.3 Å². The maximum Gasteiger partial charge on any atom is 0.260 e. The van der Waals surface area contributed by atoms with Crippen molar-refractivity contribution in [3.05, 3.63) is 70.4 Å². The third-order valence-corrected chi connectivity index (χ3v) is 7.13. The molecule has 1 aromatic carbocycles. The first kappa shape index (κ1) is 18.8. The van der Waals surface area contributed by atoms with E-state index in [4.69, 9.17) is 4.42 Å². The molecule has 0 spiro atoms. The van der Waals surface area contributed by atoms with Gasteiger partial charge in [-0.1, -0.05) is 12.1 Å². The number of benzene rings is 1. The Labute approximate surface area is 164 Å². The van der Waals surface area contributed by atoms with Gasteiger partial charge in [0.05, 0.1) is 23.3 Å². The Hall–Kier alpha value is -2.56. The summed E-state index contributed by atoms with van der Waals surface area (Å²) in [4.78, 5) is 17.3. The second kappa shape index (κ2) is 7.46. The molecule has 0 saturated heterocycles. The van der Waals surface area contributed by atoms with Crippen LogP contribution in [0.2, 0.25) is 0 Å². The van der Waals surface area contributed by atoms with Crippen molar-refractivity contribution in [3.8, 4) is 0 Å². The van der Waals surface area contributed by atoms with E-state index in [0.29, 0.717) is 29.2 Å². The Kier molecular flexibility index (Phi) is 5.00. The Morgan fingerprint density at radius 2 is 2.21 bits per heavy atom. The molecular formula is C18H16FN3O4S2. The highest BCUT2D eigenvalue weighted by Gasteiger charge is 2.29. The lowest BCUT2D eigenvalue weighted by atomic mass is 10.2. The topological polar surface area (TPSA) is 92.5 Å². The number of rotatable bonds is 5. The molecule has 1 amide bonds. The molecule has 3 aromatic rings. The number of carbonyl (C=O) groups is 1. The normalized spacial score (nSPS) is 14.6. The second-order valence-electron chi connectivity index (χ2n) is 6.32. The average Bonchev–Trinajstić information content (AvgIpc) is 3.30. The summed E-state index contributed by atoms with van der Waals surface area (Å²) in [5.41, 5.74) is 1.57. The summed E-state index contributed by atoms with van der Waals surface area (Å²) in [5.74, 6) is -1.06. The van der Waals surface area contributed by atoms with E-state index in [1.165, 1.54) is 46.4 Å². The summed E-state index contributed by atoms with van der Waals surface area (Å²) >= 11 is 1.25. The number of anilines is 1. The molecule has 28 heavy (non-hydrogen) atoms. The lowest BCUT2D eigenvalue weighted by Crippen LogP contribution is -2.36. The van der Waals surface area contributed by atoms with Gasteiger partial charge in [0.1, 0.15) is 12.1 Å². The van der Waals surface area contributed by atoms with E-state index < -0.39 is 15.8 Å². The predicted octanol–water partition coefficient (Wildman–Crippen LogP) is 3.02. The highest BCUT2D eigenvalue weighted by Crippen LogP contribution is 2.30. The number of halogens is 1. The number of furan rings is 1. The summed E-state index contributed by atoms with van der Waals surface area (Å²) < 4.78 is 45.0. The smallest absolute Gasteiger partial charge is 0.260 e. The van der Waals surface area contributed by atoms with Crippen LogP contribution in [0.25, 0.3) is 0 Å². The van der Waals surface area contributed by atoms with Gasteiger partial charge in [-0.2, -0.15) is 4.31 Å². The van der Waals surface area contributed by atoms with Gasteiger partial charge in [0, 0.05) is 24.4 Å². The van der Waals surface area contributed by atoms with Crippen molar-refractivity contribution < 1.29 is 22.0 Å². The minimum absolute atomic E-state index is 0.187. The number of fused-ring (bicyclic) bond motifs is 1. The van der Waals surface area contributed by atoms with Crippen molar-refractivity contribution in [2.75, 3.05) is 11.9 Å². The Bertz CT molecular complexity index is 1110. The summed E-state index contributed by atoms with van der Waals surface area (Å²) in [6.07, 6.45) is 3.20. The maximum atomic E-state index is 13.3. The first-order valence-corrected chi connectivity index (χ1v) is 10.9. The van der Waals surface area contributed by atoms with Gasteiger partial charge >= 0.3 is 0 Å². The molecule has 4 rings (SSSR count). The summed E-state index contributed by atoms with van der Waals surface area (Å²) in [5, 5.41) is 3.12. The molecule has 10 heteroatoms. The van der Waals surface area contributed by atoms with Crippen molar-refractivity contribution in [3.63, 3.8) is 0 Å². The first-order valence-electron chi connectivity index (χ1n) is 8.45. The number of sulfonamides is 1. The molecule has 0 aliphatic carbocycles. The number of amides is 1. The van der Waals surface area contributed by atoms with Crippen LogP contribution in [-0.2, 0) is 28.7 Å². The lowest BCUT2D eigenvalue weighted by Gasteiger charge is -2.25. The molecule has 1 N–H and O–H groups in total. The standard InChI is InChI=1S/C18H16FN3O4S2/c19-14-3-1-2-12(8-14)11-28(24,25)22-6-4-15-16(9-22)27-18(20-15)21-17(23)13-5-7-26-10-13/h1-3,5,7-8,10H,4,6,9,11H2,(H,20,21,23). The van der Waals surface area contributed by atoms with Gasteiger partial charge in [-0.05, 0) is 23.8 Å². The Balaban J connectivity index is 1.47. The fourth-order valence-corrected chi connectivity index (χ4v) is 5.53. The summed E-state index contributed by atoms with van der Waals surface area (Å²) in [7, 11) is -3.60. The van der Waals surface area contributed by atoms with Gasteiger partial charge < -0.3 is 4.42 Å². The van der Waals surface area contributed by atoms with Crippen LogP contribution in [0.5, 0.6) is 0 Å². The number of thiazole rings is 1. The van der Waals surface area contributed by atoms with E-state index in [9.17, 15) is 17.6 Å². The SMILES string of the molecule is O=C(Nc1nc2c(s1)CN(S(=O)(=O)Cc1cccc(F)c1)CC2)c1ccoc1. The highest BCUT2D eigenvalue weighted by molar-refractivity contribution is 7.88. The molecule has 0 fully saturated rings. The van der Waals surface area contributed by atoms with Crippen LogP contribution >= 0.6 is 11.3 Å². The number of carbonyl (C=O) groups excluding carboxylic acids is 1. The molecule has 0 saturated carbocycles. The van der Waals surface area contributed by atoms with Gasteiger partial charge in [0.2, 0.25) is 10.0 Å². The Morgan fingerprint density at radius 3 is 2.96 bits per heavy atom. The predicted molar refractivity (Wildman–Crippen MR) is 102 cm³/mol. The maximum absolute atomic E-state index is 13.3. The van der Waals surface area contributed by atoms with Gasteiger partial charge in [0.25, 0.3) is 5.91 Å². The van der Waals surface area contributed by atoms with Crippen molar-refractivity contribution in [2.45, 2.75) is 18.7 Å². The van der Waals surface area contributed by atoms with Crippen molar-refractivity contribution in [1.29, 1.82) is 0 Å². The van der Waals surface area contributed by atoms with Crippen LogP contribution in [0.3, 0.4) is 0 Å². The fraction of sp³-hybridized carbons (Fsp3) is 0.222. The van der Waals surface area contributed by atoms with E-state index >= 15 is 0 Å². The number of aromatic nitrogens is 1. The van der Waals surface area contributed by atoms with Gasteiger partial charge in [0.15, 0.2) is 5.13 Å². The molecule has 1 aliphatic heterocycles. The quantitative estimate of drug-likeness (QED) is 0.684. The Morgan fingerprint density at radius 1 is 1.36 bits per heavy atom. The van der Waals surface area contributed by atoms with Crippen LogP contribution in [0.1, 0.15) is 26.5 Å². The van der Waals surface area contributed by atoms with E-state index in [1.54, 1.807) is 12.1 Å². The number of nitrogens with one attached hydrogen (secondary N) is 1. The molecule has 146 valence electrons. The van der Waals surface area contributed by atoms with E-state index in [1.807, 2.05) is 0 Å². The number of hydrogen-bond acceptors (Lipinski definition) is 6. The first-order chi connectivity index (χ1) is 13.4. The summed E-state index contributed by atoms with van der Waals surface area (Å²) in [6, 6.07) is 7.13. The molecule has 0 bridgehead atoms. The van der Waals surface area contributed by atoms with Crippen molar-refractivity contribution in [1.82, 2.24) is 9.29 Å². The van der Waals surface area contributed by atoms with E-state index in [-0.39, 0.29) is 18.2 Å². The zero-order valence-electron chi connectivity index (χ0n) is 14.6. The van der Waals surface area contributed by atoms with Gasteiger partial charge in [-0.3, -0.25) is 10.1 Å². The van der Waals surface area contributed by atoms with Crippen LogP contribution in [0.15, 0.2) is 47.3 Å². The molecular weight excluding hydrogens is 405 g/mol. The monoisotopic (exact) mass is 421 g/mol. The fourth-order valence-electron chi connectivity index (χ4n) is 2.95. The van der Waals surface area contributed by atoms with Crippen molar-refractivity contribution >= 4 is 32.4 Å². The van der Waals surface area contributed by atoms with Crippen LogP contribution in [0.4, 0.5) is 9.52 Å². The van der Waals surface area contributed by atoms with Crippen LogP contribution in [0, 0.1) is 5.82 Å². The third kappa shape index (κ3) is 3.98. The highest BCUT2D eigenvalue weighted by atomic mass is 32.2. The third-order valence-electron chi connectivity index (χ3n) is 4.33. The average molecular weight is 421 g/mol. The minimum atomic E-state index is -3.60. The number of hydrogen-bond donors (Lipinski definition) is 1. The van der Waals surface area contributed by atoms with Crippen LogP contribution in [-0.4, -0.2) is 30.2 Å². The van der Waals surface area contributed by atoms with Crippen molar-refractivity contribution in [2.24, 2.45) is 0 Å². The largest absolute Gasteiger partial charge is 0.472 e. The second-order valence-corrected chi connectivity index (χ2v) is 9.38. The lowest BCUT2D eigenvalue weighted by molar-refractivity contribution is 0.102. The minimum Gasteiger partial charge on any atom is -0.472 e. The number of nitrogens with zero attached hydrogens (tertiary/aromatic N) is 2. The molecule has 1 aliphatic rings. The zero-order chi connectivity index (χ0) is 19.7.